The second-order valence-corrected chi connectivity index (χ2v) is 6.80. The molecule has 5 nitrogen and oxygen atoms in total. The van der Waals surface area contributed by atoms with Gasteiger partial charge in [0.1, 0.15) is 0 Å². The van der Waals surface area contributed by atoms with Crippen LogP contribution in [0.25, 0.3) is 0 Å². The van der Waals surface area contributed by atoms with E-state index in [0.29, 0.717) is 12.1 Å². The Bertz CT molecular complexity index is 1100. The van der Waals surface area contributed by atoms with Crippen molar-refractivity contribution in [2.45, 2.75) is 12.4 Å². The number of carboxylic acids is 2. The molecular weight excluding hydrogens is 456 g/mol. The molecule has 0 aliphatic rings. The number of hydrogen-bond acceptors (Lipinski definition) is 3. The minimum atomic E-state index is -5.08. The van der Waals surface area contributed by atoms with Crippen LogP contribution in [0.15, 0.2) is 66.7 Å². The maximum Gasteiger partial charge on any atom is 0.416 e. The first-order valence-corrected chi connectivity index (χ1v) is 9.03. The fourth-order valence-corrected chi connectivity index (χ4v) is 3.02. The van der Waals surface area contributed by atoms with Crippen molar-refractivity contribution >= 4 is 29.0 Å². The van der Waals surface area contributed by atoms with Crippen LogP contribution in [0.5, 0.6) is 0 Å². The molecule has 0 unspecified atom stereocenters. The Morgan fingerprint density at radius 1 is 0.576 bits per heavy atom. The zero-order valence-electron chi connectivity index (χ0n) is 16.3. The summed E-state index contributed by atoms with van der Waals surface area (Å²) in [5.74, 6) is -2.56. The van der Waals surface area contributed by atoms with E-state index in [1.165, 1.54) is 24.3 Å². The molecule has 2 N–H and O–H groups in total. The summed E-state index contributed by atoms with van der Waals surface area (Å²) < 4.78 is 80.2. The molecule has 3 aromatic carbocycles. The summed E-state index contributed by atoms with van der Waals surface area (Å²) in [6.45, 7) is 0. The van der Waals surface area contributed by atoms with Gasteiger partial charge in [-0.25, -0.2) is 9.59 Å². The largest absolute Gasteiger partial charge is 0.478 e. The number of halogens is 6. The molecule has 0 fully saturated rings. The zero-order chi connectivity index (χ0) is 24.6. The summed E-state index contributed by atoms with van der Waals surface area (Å²) >= 11 is 0. The van der Waals surface area contributed by atoms with Gasteiger partial charge in [0, 0.05) is 17.1 Å². The van der Waals surface area contributed by atoms with E-state index < -0.39 is 41.1 Å². The van der Waals surface area contributed by atoms with Gasteiger partial charge in [-0.3, -0.25) is 0 Å². The predicted molar refractivity (Wildman–Crippen MR) is 105 cm³/mol. The third-order valence-corrected chi connectivity index (χ3v) is 4.58. The average molecular weight is 469 g/mol. The maximum atomic E-state index is 13.4. The molecule has 0 aromatic heterocycles. The molecule has 0 aliphatic heterocycles. The fourth-order valence-electron chi connectivity index (χ4n) is 3.02. The first kappa shape index (κ1) is 23.6. The van der Waals surface area contributed by atoms with E-state index in [-0.39, 0.29) is 28.6 Å². The Kier molecular flexibility index (Phi) is 6.08. The van der Waals surface area contributed by atoms with Crippen molar-refractivity contribution in [2.75, 3.05) is 4.90 Å². The smallest absolute Gasteiger partial charge is 0.416 e. The zero-order valence-corrected chi connectivity index (χ0v) is 16.3. The van der Waals surface area contributed by atoms with Gasteiger partial charge < -0.3 is 15.1 Å². The summed E-state index contributed by atoms with van der Waals surface area (Å²) in [6, 6.07) is 10.4. The molecule has 33 heavy (non-hydrogen) atoms. The molecule has 3 rings (SSSR count). The lowest BCUT2D eigenvalue weighted by atomic mass is 10.1. The fraction of sp³-hybridized carbons (Fsp3) is 0.0909. The van der Waals surface area contributed by atoms with Gasteiger partial charge in [0.05, 0.1) is 22.3 Å². The van der Waals surface area contributed by atoms with Crippen LogP contribution >= 0.6 is 0 Å². The summed E-state index contributed by atoms with van der Waals surface area (Å²) in [4.78, 5) is 23.3. The molecule has 0 atom stereocenters. The van der Waals surface area contributed by atoms with Gasteiger partial charge in [0.2, 0.25) is 0 Å². The van der Waals surface area contributed by atoms with Crippen molar-refractivity contribution in [2.24, 2.45) is 0 Å². The van der Waals surface area contributed by atoms with Crippen LogP contribution in [0.3, 0.4) is 0 Å². The van der Waals surface area contributed by atoms with Crippen molar-refractivity contribution in [1.29, 1.82) is 0 Å². The van der Waals surface area contributed by atoms with Gasteiger partial charge in [0.25, 0.3) is 0 Å². The Morgan fingerprint density at radius 2 is 0.909 bits per heavy atom. The molecule has 0 bridgehead atoms. The molecule has 0 amide bonds. The number of anilines is 3. The molecule has 0 radical (unpaired) electrons. The SMILES string of the molecule is O=C(O)c1ccc(N(c2ccc(C(=O)O)cc2)c2cc(C(F)(F)F)cc(C(F)(F)F)c2)cc1. The Labute approximate surface area is 182 Å². The van der Waals surface area contributed by atoms with E-state index in [2.05, 4.69) is 0 Å². The van der Waals surface area contributed by atoms with Crippen LogP contribution < -0.4 is 4.90 Å². The number of rotatable bonds is 5. The lowest BCUT2D eigenvalue weighted by Gasteiger charge is -2.27. The number of benzene rings is 3. The van der Waals surface area contributed by atoms with E-state index in [9.17, 15) is 35.9 Å². The molecule has 11 heteroatoms. The molecule has 0 saturated carbocycles. The van der Waals surface area contributed by atoms with Crippen LogP contribution in [0.1, 0.15) is 31.8 Å². The lowest BCUT2D eigenvalue weighted by Crippen LogP contribution is -2.16. The third kappa shape index (κ3) is 5.25. The predicted octanol–water partition coefficient (Wildman–Crippen LogP) is 6.59. The molecule has 0 saturated heterocycles. The maximum absolute atomic E-state index is 13.4. The van der Waals surface area contributed by atoms with E-state index in [1.807, 2.05) is 0 Å². The topological polar surface area (TPSA) is 77.8 Å². The van der Waals surface area contributed by atoms with Crippen LogP contribution in [-0.2, 0) is 12.4 Å². The van der Waals surface area contributed by atoms with Gasteiger partial charge in [-0.1, -0.05) is 0 Å². The van der Waals surface area contributed by atoms with Crippen molar-refractivity contribution in [1.82, 2.24) is 0 Å². The molecule has 0 heterocycles. The number of carboxylic acid groups (broad SMARTS) is 2. The van der Waals surface area contributed by atoms with Crippen LogP contribution in [0.4, 0.5) is 43.4 Å². The minimum Gasteiger partial charge on any atom is -0.478 e. The van der Waals surface area contributed by atoms with Gasteiger partial charge in [0.15, 0.2) is 0 Å². The number of nitrogens with zero attached hydrogens (tertiary/aromatic N) is 1. The summed E-state index contributed by atoms with van der Waals surface area (Å²) in [6.07, 6.45) is -10.2. The Morgan fingerprint density at radius 3 is 1.18 bits per heavy atom. The summed E-state index contributed by atoms with van der Waals surface area (Å²) in [7, 11) is 0. The minimum absolute atomic E-state index is 0.0112. The van der Waals surface area contributed by atoms with Crippen LogP contribution in [0, 0.1) is 0 Å². The van der Waals surface area contributed by atoms with Gasteiger partial charge in [-0.2, -0.15) is 26.3 Å². The van der Waals surface area contributed by atoms with E-state index in [1.54, 1.807) is 0 Å². The first-order chi connectivity index (χ1) is 15.3. The van der Waals surface area contributed by atoms with Crippen LogP contribution in [0.2, 0.25) is 0 Å². The lowest BCUT2D eigenvalue weighted by molar-refractivity contribution is -0.143. The average Bonchev–Trinajstić information content (AvgIpc) is 2.73. The molecule has 3 aromatic rings. The molecule has 0 aliphatic carbocycles. The molecule has 0 spiro atoms. The van der Waals surface area contributed by atoms with Crippen molar-refractivity contribution in [3.63, 3.8) is 0 Å². The molecule has 172 valence electrons. The van der Waals surface area contributed by atoms with Crippen molar-refractivity contribution in [3.05, 3.63) is 89.0 Å². The van der Waals surface area contributed by atoms with Gasteiger partial charge >= 0.3 is 24.3 Å². The number of alkyl halides is 6. The van der Waals surface area contributed by atoms with E-state index >= 15 is 0 Å². The van der Waals surface area contributed by atoms with Crippen LogP contribution in [-0.4, -0.2) is 22.2 Å². The van der Waals surface area contributed by atoms with E-state index in [4.69, 9.17) is 10.2 Å². The highest BCUT2D eigenvalue weighted by Gasteiger charge is 2.37. The Balaban J connectivity index is 2.26. The highest BCUT2D eigenvalue weighted by molar-refractivity contribution is 5.90. The number of hydrogen-bond donors (Lipinski definition) is 2. The second-order valence-electron chi connectivity index (χ2n) is 6.80. The Hall–Kier alpha value is -4.02. The third-order valence-electron chi connectivity index (χ3n) is 4.58. The summed E-state index contributed by atoms with van der Waals surface area (Å²) in [5, 5.41) is 18.1. The summed E-state index contributed by atoms with van der Waals surface area (Å²) in [5.41, 5.74) is -3.79. The van der Waals surface area contributed by atoms with E-state index in [0.717, 1.165) is 29.2 Å². The standard InChI is InChI=1S/C22H13F6NO4/c23-21(24,25)14-9-15(22(26,27)28)11-18(10-14)29(16-5-1-12(2-6-16)19(30)31)17-7-3-13(4-8-17)20(32)33/h1-11H,(H,30,31)(H,32,33). The number of carbonyl (C=O) groups is 2. The normalized spacial score (nSPS) is 11.8. The highest BCUT2D eigenvalue weighted by atomic mass is 19.4. The second kappa shape index (κ2) is 8.49. The van der Waals surface area contributed by atoms with Gasteiger partial charge in [-0.15, -0.1) is 0 Å². The highest BCUT2D eigenvalue weighted by Crippen LogP contribution is 2.42. The first-order valence-electron chi connectivity index (χ1n) is 9.03. The van der Waals surface area contributed by atoms with Gasteiger partial charge in [-0.05, 0) is 66.7 Å². The van der Waals surface area contributed by atoms with Crippen molar-refractivity contribution < 1.29 is 46.1 Å². The number of aromatic carboxylic acids is 2. The quantitative estimate of drug-likeness (QED) is 0.412. The monoisotopic (exact) mass is 469 g/mol. The van der Waals surface area contributed by atoms with Crippen molar-refractivity contribution in [3.8, 4) is 0 Å². The molecular formula is C22H13F6NO4.